The van der Waals surface area contributed by atoms with Gasteiger partial charge in [-0.3, -0.25) is 10.1 Å². The lowest BCUT2D eigenvalue weighted by Gasteiger charge is -2.07. The molecular formula is C13H10ClFN2O2S. The van der Waals surface area contributed by atoms with Crippen LogP contribution in [-0.2, 0) is 5.75 Å². The quantitative estimate of drug-likeness (QED) is 0.396. The van der Waals surface area contributed by atoms with Crippen molar-refractivity contribution in [2.75, 3.05) is 5.73 Å². The van der Waals surface area contributed by atoms with E-state index < -0.39 is 10.7 Å². The van der Waals surface area contributed by atoms with E-state index in [0.717, 1.165) is 6.07 Å². The second-order valence-corrected chi connectivity index (χ2v) is 5.41. The number of hydrogen-bond acceptors (Lipinski definition) is 4. The van der Waals surface area contributed by atoms with Crippen LogP contribution in [0.15, 0.2) is 41.3 Å². The first-order valence-electron chi connectivity index (χ1n) is 5.58. The zero-order valence-corrected chi connectivity index (χ0v) is 11.7. The van der Waals surface area contributed by atoms with E-state index in [1.165, 1.54) is 23.9 Å². The smallest absolute Gasteiger partial charge is 0.272 e. The van der Waals surface area contributed by atoms with Gasteiger partial charge in [0.1, 0.15) is 5.82 Å². The Hall–Kier alpha value is -1.79. The van der Waals surface area contributed by atoms with Gasteiger partial charge < -0.3 is 5.73 Å². The number of non-ortho nitro benzene ring substituents is 1. The third-order valence-corrected chi connectivity index (χ3v) is 4.18. The Morgan fingerprint density at radius 3 is 2.75 bits per heavy atom. The molecule has 0 aliphatic heterocycles. The van der Waals surface area contributed by atoms with Gasteiger partial charge in [0.25, 0.3) is 5.69 Å². The van der Waals surface area contributed by atoms with Crippen LogP contribution in [0.2, 0.25) is 5.02 Å². The molecule has 2 N–H and O–H groups in total. The molecule has 0 unspecified atom stereocenters. The molecule has 0 spiro atoms. The summed E-state index contributed by atoms with van der Waals surface area (Å²) in [5, 5.41) is 11.2. The predicted octanol–water partition coefficient (Wildman–Crippen LogP) is 4.26. The topological polar surface area (TPSA) is 69.2 Å². The fourth-order valence-electron chi connectivity index (χ4n) is 1.66. The van der Waals surface area contributed by atoms with Crippen molar-refractivity contribution in [2.24, 2.45) is 0 Å². The summed E-state index contributed by atoms with van der Waals surface area (Å²) in [4.78, 5) is 10.7. The van der Waals surface area contributed by atoms with Crippen molar-refractivity contribution in [1.82, 2.24) is 0 Å². The normalized spacial score (nSPS) is 10.5. The molecule has 4 nitrogen and oxygen atoms in total. The third kappa shape index (κ3) is 3.40. The SMILES string of the molecule is Nc1cccc(Cl)c1SCc1cc(F)cc([N+](=O)[O-])c1. The summed E-state index contributed by atoms with van der Waals surface area (Å²) in [5.74, 6) is -0.297. The molecule has 0 saturated heterocycles. The average Bonchev–Trinajstić information content (AvgIpc) is 2.37. The van der Waals surface area contributed by atoms with Crippen molar-refractivity contribution < 1.29 is 9.31 Å². The molecule has 0 amide bonds. The lowest BCUT2D eigenvalue weighted by Crippen LogP contribution is -1.93. The molecule has 0 atom stereocenters. The third-order valence-electron chi connectivity index (χ3n) is 2.53. The monoisotopic (exact) mass is 312 g/mol. The van der Waals surface area contributed by atoms with Crippen LogP contribution >= 0.6 is 23.4 Å². The minimum Gasteiger partial charge on any atom is -0.398 e. The summed E-state index contributed by atoms with van der Waals surface area (Å²) in [5.41, 5.74) is 6.56. The van der Waals surface area contributed by atoms with Crippen molar-refractivity contribution in [2.45, 2.75) is 10.6 Å². The van der Waals surface area contributed by atoms with Gasteiger partial charge >= 0.3 is 0 Å². The Morgan fingerprint density at radius 2 is 2.10 bits per heavy atom. The van der Waals surface area contributed by atoms with Gasteiger partial charge in [0.2, 0.25) is 0 Å². The molecule has 104 valence electrons. The second kappa shape index (κ2) is 6.11. The number of nitrogens with two attached hydrogens (primary N) is 1. The summed E-state index contributed by atoms with van der Waals surface area (Å²) >= 11 is 7.34. The first-order valence-corrected chi connectivity index (χ1v) is 6.94. The molecule has 0 aromatic heterocycles. The van der Waals surface area contributed by atoms with Crippen molar-refractivity contribution in [3.63, 3.8) is 0 Å². The number of thioether (sulfide) groups is 1. The molecular weight excluding hydrogens is 303 g/mol. The molecule has 2 aromatic carbocycles. The van der Waals surface area contributed by atoms with E-state index in [0.29, 0.717) is 26.9 Å². The molecule has 2 aromatic rings. The molecule has 20 heavy (non-hydrogen) atoms. The average molecular weight is 313 g/mol. The molecule has 0 bridgehead atoms. The lowest BCUT2D eigenvalue weighted by molar-refractivity contribution is -0.385. The van der Waals surface area contributed by atoms with Gasteiger partial charge in [-0.05, 0) is 23.8 Å². The van der Waals surface area contributed by atoms with Gasteiger partial charge in [0, 0.05) is 22.4 Å². The number of nitro benzene ring substituents is 1. The minimum absolute atomic E-state index is 0.271. The van der Waals surface area contributed by atoms with E-state index in [2.05, 4.69) is 0 Å². The molecule has 0 radical (unpaired) electrons. The van der Waals surface area contributed by atoms with E-state index in [1.54, 1.807) is 18.2 Å². The Bertz CT molecular complexity index is 647. The molecule has 7 heteroatoms. The van der Waals surface area contributed by atoms with E-state index in [-0.39, 0.29) is 5.69 Å². The zero-order valence-electron chi connectivity index (χ0n) is 10.2. The highest BCUT2D eigenvalue weighted by molar-refractivity contribution is 7.98. The number of rotatable bonds is 4. The molecule has 2 rings (SSSR count). The van der Waals surface area contributed by atoms with Crippen LogP contribution in [0.5, 0.6) is 0 Å². The van der Waals surface area contributed by atoms with Crippen LogP contribution < -0.4 is 5.73 Å². The minimum atomic E-state index is -0.637. The number of anilines is 1. The van der Waals surface area contributed by atoms with E-state index in [9.17, 15) is 14.5 Å². The van der Waals surface area contributed by atoms with Crippen LogP contribution in [0.1, 0.15) is 5.56 Å². The molecule has 0 fully saturated rings. The molecule has 0 aliphatic rings. The van der Waals surface area contributed by atoms with Crippen molar-refractivity contribution in [3.8, 4) is 0 Å². The maximum absolute atomic E-state index is 13.3. The Balaban J connectivity index is 2.21. The van der Waals surface area contributed by atoms with Gasteiger partial charge in [-0.25, -0.2) is 4.39 Å². The highest BCUT2D eigenvalue weighted by Gasteiger charge is 2.11. The van der Waals surface area contributed by atoms with E-state index in [1.807, 2.05) is 0 Å². The Kier molecular flexibility index (Phi) is 4.46. The number of halogens is 2. The van der Waals surface area contributed by atoms with E-state index in [4.69, 9.17) is 17.3 Å². The zero-order chi connectivity index (χ0) is 14.7. The fourth-order valence-corrected chi connectivity index (χ4v) is 2.92. The molecule has 0 aliphatic carbocycles. The maximum Gasteiger partial charge on any atom is 0.272 e. The van der Waals surface area contributed by atoms with Gasteiger partial charge in [0.15, 0.2) is 0 Å². The van der Waals surface area contributed by atoms with Gasteiger partial charge in [-0.15, -0.1) is 11.8 Å². The fraction of sp³-hybridized carbons (Fsp3) is 0.0769. The highest BCUT2D eigenvalue weighted by atomic mass is 35.5. The van der Waals surface area contributed by atoms with Crippen LogP contribution in [0.3, 0.4) is 0 Å². The van der Waals surface area contributed by atoms with Crippen molar-refractivity contribution in [3.05, 3.63) is 62.9 Å². The Morgan fingerprint density at radius 1 is 1.35 bits per heavy atom. The van der Waals surface area contributed by atoms with E-state index >= 15 is 0 Å². The van der Waals surface area contributed by atoms with Crippen LogP contribution in [-0.4, -0.2) is 4.92 Å². The highest BCUT2D eigenvalue weighted by Crippen LogP contribution is 2.35. The maximum atomic E-state index is 13.3. The Labute approximate surface area is 123 Å². The number of hydrogen-bond donors (Lipinski definition) is 1. The molecule has 0 heterocycles. The van der Waals surface area contributed by atoms with Crippen molar-refractivity contribution in [1.29, 1.82) is 0 Å². The summed E-state index contributed by atoms with van der Waals surface area (Å²) in [6.45, 7) is 0. The summed E-state index contributed by atoms with van der Waals surface area (Å²) in [6.07, 6.45) is 0. The van der Waals surface area contributed by atoms with Crippen LogP contribution in [0.25, 0.3) is 0 Å². The van der Waals surface area contributed by atoms with Crippen LogP contribution in [0.4, 0.5) is 15.8 Å². The number of benzene rings is 2. The largest absolute Gasteiger partial charge is 0.398 e. The first-order chi connectivity index (χ1) is 9.47. The lowest BCUT2D eigenvalue weighted by atomic mass is 10.2. The number of nitro groups is 1. The van der Waals surface area contributed by atoms with Crippen LogP contribution in [0, 0.1) is 15.9 Å². The molecule has 0 saturated carbocycles. The second-order valence-electron chi connectivity index (χ2n) is 4.02. The summed E-state index contributed by atoms with van der Waals surface area (Å²) < 4.78 is 13.3. The van der Waals surface area contributed by atoms with Crippen molar-refractivity contribution >= 4 is 34.7 Å². The van der Waals surface area contributed by atoms with Gasteiger partial charge in [-0.2, -0.15) is 0 Å². The van der Waals surface area contributed by atoms with Gasteiger partial charge in [-0.1, -0.05) is 17.7 Å². The number of nitrogens with zero attached hydrogens (tertiary/aromatic N) is 1. The standard InChI is InChI=1S/C13H10ClFN2O2S/c14-11-2-1-3-12(16)13(11)20-7-8-4-9(15)6-10(5-8)17(18)19/h1-6H,7,16H2. The summed E-state index contributed by atoms with van der Waals surface area (Å²) in [7, 11) is 0. The van der Waals surface area contributed by atoms with Gasteiger partial charge in [0.05, 0.1) is 16.0 Å². The predicted molar refractivity (Wildman–Crippen MR) is 78.5 cm³/mol. The number of nitrogen functional groups attached to an aromatic ring is 1. The summed E-state index contributed by atoms with van der Waals surface area (Å²) in [6, 6.07) is 8.62. The first kappa shape index (κ1) is 14.6.